The Morgan fingerprint density at radius 3 is 2.75 bits per heavy atom. The monoisotopic (exact) mass is 333 g/mol. The number of aromatic nitrogens is 1. The lowest BCUT2D eigenvalue weighted by molar-refractivity contribution is 0.169. The van der Waals surface area contributed by atoms with E-state index >= 15 is 0 Å². The fraction of sp³-hybridized carbons (Fsp3) is 0.312. The third kappa shape index (κ3) is 2.52. The lowest BCUT2D eigenvalue weighted by Gasteiger charge is -2.25. The molecule has 1 aliphatic rings. The van der Waals surface area contributed by atoms with Gasteiger partial charge in [-0.2, -0.15) is 0 Å². The van der Waals surface area contributed by atoms with Crippen molar-refractivity contribution in [1.82, 2.24) is 4.98 Å². The van der Waals surface area contributed by atoms with Crippen molar-refractivity contribution in [3.8, 4) is 11.5 Å². The minimum absolute atomic E-state index is 0.133. The molecule has 0 saturated heterocycles. The van der Waals surface area contributed by atoms with Crippen LogP contribution in [-0.2, 0) is 0 Å². The Balaban J connectivity index is 1.93. The summed E-state index contributed by atoms with van der Waals surface area (Å²) in [4.78, 5) is 4.57. The first-order chi connectivity index (χ1) is 9.77. The molecule has 2 atom stereocenters. The molecule has 0 aliphatic carbocycles. The van der Waals surface area contributed by atoms with E-state index in [1.54, 1.807) is 0 Å². The first kappa shape index (κ1) is 13.4. The topological polar surface area (TPSA) is 31.4 Å². The molecule has 0 amide bonds. The van der Waals surface area contributed by atoms with Gasteiger partial charge in [-0.1, -0.05) is 41.1 Å². The largest absolute Gasteiger partial charge is 0.486 e. The number of halogens is 1. The van der Waals surface area contributed by atoms with Gasteiger partial charge in [0.2, 0.25) is 0 Å². The average molecular weight is 334 g/mol. The molecule has 2 unspecified atom stereocenters. The highest BCUT2D eigenvalue weighted by molar-refractivity contribution is 9.09. The van der Waals surface area contributed by atoms with Crippen LogP contribution in [0.15, 0.2) is 42.6 Å². The second kappa shape index (κ2) is 5.83. The van der Waals surface area contributed by atoms with E-state index in [1.807, 2.05) is 36.5 Å². The van der Waals surface area contributed by atoms with Gasteiger partial charge in [-0.05, 0) is 18.2 Å². The molecule has 0 spiro atoms. The van der Waals surface area contributed by atoms with Crippen LogP contribution in [-0.4, -0.2) is 18.2 Å². The van der Waals surface area contributed by atoms with Gasteiger partial charge in [-0.15, -0.1) is 0 Å². The van der Waals surface area contributed by atoms with Crippen LogP contribution >= 0.6 is 15.9 Å². The summed E-state index contributed by atoms with van der Waals surface area (Å²) in [6.45, 7) is 3.37. The highest BCUT2D eigenvalue weighted by Crippen LogP contribution is 2.45. The number of rotatable bonds is 3. The van der Waals surface area contributed by atoms with Gasteiger partial charge in [0.05, 0.1) is 4.83 Å². The van der Waals surface area contributed by atoms with Crippen LogP contribution in [0.5, 0.6) is 11.5 Å². The third-order valence-electron chi connectivity index (χ3n) is 3.49. The molecule has 2 aromatic rings. The maximum absolute atomic E-state index is 5.79. The molecule has 4 heteroatoms. The summed E-state index contributed by atoms with van der Waals surface area (Å²) < 4.78 is 11.4. The number of pyridine rings is 1. The fourth-order valence-electron chi connectivity index (χ4n) is 2.38. The van der Waals surface area contributed by atoms with Gasteiger partial charge in [0, 0.05) is 23.4 Å². The highest BCUT2D eigenvalue weighted by Gasteiger charge is 2.25. The van der Waals surface area contributed by atoms with E-state index in [1.165, 1.54) is 0 Å². The van der Waals surface area contributed by atoms with Crippen LogP contribution in [0.25, 0.3) is 0 Å². The third-order valence-corrected chi connectivity index (χ3v) is 4.77. The minimum atomic E-state index is 0.133. The van der Waals surface area contributed by atoms with Gasteiger partial charge >= 0.3 is 0 Å². The maximum atomic E-state index is 5.79. The number of benzene rings is 1. The standard InChI is InChI=1S/C16H16BrNO2/c1-11(13-6-2-3-8-18-13)15(17)12-5-4-7-14-16(12)20-10-9-19-14/h2-8,11,15H,9-10H2,1H3. The molecule has 1 aromatic heterocycles. The van der Waals surface area contributed by atoms with Crippen molar-refractivity contribution in [2.75, 3.05) is 13.2 Å². The van der Waals surface area contributed by atoms with Gasteiger partial charge in [-0.3, -0.25) is 4.98 Å². The summed E-state index contributed by atoms with van der Waals surface area (Å²) in [6, 6.07) is 12.0. The molecule has 0 N–H and O–H groups in total. The second-order valence-corrected chi connectivity index (χ2v) is 5.80. The molecular weight excluding hydrogens is 318 g/mol. The number of hydrogen-bond acceptors (Lipinski definition) is 3. The number of ether oxygens (including phenoxy) is 2. The minimum Gasteiger partial charge on any atom is -0.486 e. The first-order valence-corrected chi connectivity index (χ1v) is 7.62. The number of fused-ring (bicyclic) bond motifs is 1. The molecule has 0 fully saturated rings. The Bertz CT molecular complexity index is 588. The smallest absolute Gasteiger partial charge is 0.165 e. The van der Waals surface area contributed by atoms with E-state index in [-0.39, 0.29) is 10.7 Å². The lowest BCUT2D eigenvalue weighted by Crippen LogP contribution is -2.17. The molecule has 104 valence electrons. The molecule has 1 aromatic carbocycles. The highest BCUT2D eigenvalue weighted by atomic mass is 79.9. The van der Waals surface area contributed by atoms with E-state index in [0.29, 0.717) is 13.2 Å². The lowest BCUT2D eigenvalue weighted by atomic mass is 9.96. The molecular formula is C16H16BrNO2. The normalized spacial score (nSPS) is 16.5. The SMILES string of the molecule is CC(c1ccccn1)C(Br)c1cccc2c1OCCO2. The summed E-state index contributed by atoms with van der Waals surface area (Å²) >= 11 is 3.79. The molecule has 20 heavy (non-hydrogen) atoms. The molecule has 0 bridgehead atoms. The van der Waals surface area contributed by atoms with E-state index in [4.69, 9.17) is 9.47 Å². The van der Waals surface area contributed by atoms with Crippen molar-refractivity contribution in [2.45, 2.75) is 17.7 Å². The van der Waals surface area contributed by atoms with Crippen molar-refractivity contribution < 1.29 is 9.47 Å². The van der Waals surface area contributed by atoms with Gasteiger partial charge in [0.25, 0.3) is 0 Å². The van der Waals surface area contributed by atoms with Crippen molar-refractivity contribution in [3.63, 3.8) is 0 Å². The second-order valence-electron chi connectivity index (χ2n) is 4.82. The Morgan fingerprint density at radius 1 is 1.10 bits per heavy atom. The number of alkyl halides is 1. The van der Waals surface area contributed by atoms with E-state index in [0.717, 1.165) is 22.8 Å². The zero-order chi connectivity index (χ0) is 13.9. The number of nitrogens with zero attached hydrogens (tertiary/aromatic N) is 1. The molecule has 0 saturated carbocycles. The average Bonchev–Trinajstić information content (AvgIpc) is 2.54. The zero-order valence-corrected chi connectivity index (χ0v) is 12.8. The van der Waals surface area contributed by atoms with Crippen molar-refractivity contribution in [2.24, 2.45) is 0 Å². The predicted octanol–water partition coefficient (Wildman–Crippen LogP) is 4.09. The van der Waals surface area contributed by atoms with Gasteiger partial charge in [0.1, 0.15) is 13.2 Å². The molecule has 0 radical (unpaired) electrons. The maximum Gasteiger partial charge on any atom is 0.165 e. The van der Waals surface area contributed by atoms with Crippen molar-refractivity contribution >= 4 is 15.9 Å². The number of hydrogen-bond donors (Lipinski definition) is 0. The number of para-hydroxylation sites is 1. The van der Waals surface area contributed by atoms with Crippen LogP contribution < -0.4 is 9.47 Å². The van der Waals surface area contributed by atoms with Crippen LogP contribution in [0.2, 0.25) is 0 Å². The molecule has 2 heterocycles. The molecule has 3 rings (SSSR count). The van der Waals surface area contributed by atoms with Gasteiger partial charge < -0.3 is 9.47 Å². The van der Waals surface area contributed by atoms with Gasteiger partial charge in [-0.25, -0.2) is 0 Å². The summed E-state index contributed by atoms with van der Waals surface area (Å²) in [5.41, 5.74) is 2.17. The Kier molecular flexibility index (Phi) is 3.92. The van der Waals surface area contributed by atoms with Crippen LogP contribution in [0, 0.1) is 0 Å². The molecule has 3 nitrogen and oxygen atoms in total. The van der Waals surface area contributed by atoms with Crippen LogP contribution in [0.1, 0.15) is 28.9 Å². The van der Waals surface area contributed by atoms with Crippen LogP contribution in [0.4, 0.5) is 0 Å². The molecule has 1 aliphatic heterocycles. The first-order valence-electron chi connectivity index (χ1n) is 6.71. The van der Waals surface area contributed by atoms with Crippen LogP contribution in [0.3, 0.4) is 0 Å². The Hall–Kier alpha value is -1.55. The summed E-state index contributed by atoms with van der Waals surface area (Å²) in [6.07, 6.45) is 1.83. The van der Waals surface area contributed by atoms with E-state index in [9.17, 15) is 0 Å². The van der Waals surface area contributed by atoms with E-state index in [2.05, 4.69) is 33.9 Å². The van der Waals surface area contributed by atoms with E-state index < -0.39 is 0 Å². The summed E-state index contributed by atoms with van der Waals surface area (Å²) in [5, 5.41) is 0. The summed E-state index contributed by atoms with van der Waals surface area (Å²) in [7, 11) is 0. The van der Waals surface area contributed by atoms with Crippen molar-refractivity contribution in [1.29, 1.82) is 0 Å². The quantitative estimate of drug-likeness (QED) is 0.792. The summed E-state index contributed by atoms with van der Waals surface area (Å²) in [5.74, 6) is 1.92. The van der Waals surface area contributed by atoms with Gasteiger partial charge in [0.15, 0.2) is 11.5 Å². The predicted molar refractivity (Wildman–Crippen MR) is 81.8 cm³/mol. The Morgan fingerprint density at radius 2 is 1.95 bits per heavy atom. The zero-order valence-electron chi connectivity index (χ0n) is 11.3. The fourth-order valence-corrected chi connectivity index (χ4v) is 3.01. The van der Waals surface area contributed by atoms with Crippen molar-refractivity contribution in [3.05, 3.63) is 53.9 Å². The Labute approximate surface area is 127 Å².